The van der Waals surface area contributed by atoms with Gasteiger partial charge in [-0.2, -0.15) is 0 Å². The lowest BCUT2D eigenvalue weighted by Crippen LogP contribution is -2.30. The normalized spacial score (nSPS) is 23.2. The molecule has 25 heavy (non-hydrogen) atoms. The van der Waals surface area contributed by atoms with Gasteiger partial charge in [-0.3, -0.25) is 9.69 Å². The second-order valence-corrected chi connectivity index (χ2v) is 7.51. The lowest BCUT2D eigenvalue weighted by molar-refractivity contribution is 0.308. The van der Waals surface area contributed by atoms with Crippen LogP contribution in [0.25, 0.3) is 0 Å². The van der Waals surface area contributed by atoms with E-state index in [9.17, 15) is 4.79 Å². The number of aryl methyl sites for hydroxylation is 2. The monoisotopic (exact) mass is 339 g/mol. The fourth-order valence-corrected chi connectivity index (χ4v) is 4.24. The number of fused-ring (bicyclic) bond motifs is 1. The van der Waals surface area contributed by atoms with E-state index in [0.29, 0.717) is 11.8 Å². The summed E-state index contributed by atoms with van der Waals surface area (Å²) < 4.78 is 1.66. The largest absolute Gasteiger partial charge is 0.356 e. The molecule has 2 fully saturated rings. The van der Waals surface area contributed by atoms with Crippen LogP contribution in [0.2, 0.25) is 0 Å². The van der Waals surface area contributed by atoms with E-state index in [0.717, 1.165) is 44.2 Å². The minimum atomic E-state index is 0.0493. The third-order valence-electron chi connectivity index (χ3n) is 5.72. The van der Waals surface area contributed by atoms with Gasteiger partial charge in [-0.05, 0) is 31.2 Å². The maximum Gasteiger partial charge on any atom is 0.250 e. The zero-order valence-corrected chi connectivity index (χ0v) is 15.1. The lowest BCUT2D eigenvalue weighted by Gasteiger charge is -2.23. The summed E-state index contributed by atoms with van der Waals surface area (Å²) in [5.41, 5.74) is 3.53. The molecule has 6 heteroatoms. The Morgan fingerprint density at radius 1 is 1.08 bits per heavy atom. The summed E-state index contributed by atoms with van der Waals surface area (Å²) in [6.45, 7) is 9.47. The smallest absolute Gasteiger partial charge is 0.250 e. The van der Waals surface area contributed by atoms with E-state index in [2.05, 4.69) is 26.7 Å². The molecule has 0 N–H and O–H groups in total. The van der Waals surface area contributed by atoms with Crippen LogP contribution in [0.15, 0.2) is 29.5 Å². The molecule has 0 spiro atoms. The predicted octanol–water partition coefficient (Wildman–Crippen LogP) is 1.36. The van der Waals surface area contributed by atoms with Gasteiger partial charge in [0.2, 0.25) is 5.56 Å². The van der Waals surface area contributed by atoms with Gasteiger partial charge in [0.1, 0.15) is 12.1 Å². The number of anilines is 1. The SMILES string of the molecule is Cc1ncnc(N2CC3CN(Cc4ccc(=O)n(C)c4)CC3C2)c1C. The van der Waals surface area contributed by atoms with E-state index in [1.54, 1.807) is 17.0 Å². The standard InChI is InChI=1S/C19H25N5O/c1-13-14(2)20-12-21-19(13)24-10-16-8-23(9-17(16)11-24)7-15-4-5-18(25)22(3)6-15/h4-6,12,16-17H,7-11H2,1-3H3. The van der Waals surface area contributed by atoms with E-state index in [4.69, 9.17) is 0 Å². The zero-order valence-electron chi connectivity index (χ0n) is 15.1. The molecule has 0 radical (unpaired) electrons. The van der Waals surface area contributed by atoms with Crippen LogP contribution in [0.5, 0.6) is 0 Å². The third-order valence-corrected chi connectivity index (χ3v) is 5.72. The van der Waals surface area contributed by atoms with Gasteiger partial charge in [-0.1, -0.05) is 6.07 Å². The Bertz CT molecular complexity index is 832. The summed E-state index contributed by atoms with van der Waals surface area (Å²) >= 11 is 0. The number of likely N-dealkylation sites (tertiary alicyclic amines) is 1. The number of hydrogen-bond acceptors (Lipinski definition) is 5. The van der Waals surface area contributed by atoms with Crippen LogP contribution in [-0.2, 0) is 13.6 Å². The number of rotatable bonds is 3. The molecule has 4 heterocycles. The minimum absolute atomic E-state index is 0.0493. The predicted molar refractivity (Wildman–Crippen MR) is 97.7 cm³/mol. The summed E-state index contributed by atoms with van der Waals surface area (Å²) in [6.07, 6.45) is 3.63. The lowest BCUT2D eigenvalue weighted by atomic mass is 10.0. The van der Waals surface area contributed by atoms with Gasteiger partial charge < -0.3 is 9.47 Å². The summed E-state index contributed by atoms with van der Waals surface area (Å²) in [5.74, 6) is 2.50. The molecule has 2 aromatic heterocycles. The summed E-state index contributed by atoms with van der Waals surface area (Å²) in [4.78, 5) is 25.3. The highest BCUT2D eigenvalue weighted by molar-refractivity contribution is 5.48. The summed E-state index contributed by atoms with van der Waals surface area (Å²) in [5, 5.41) is 0. The van der Waals surface area contributed by atoms with Crippen LogP contribution in [0.4, 0.5) is 5.82 Å². The van der Waals surface area contributed by atoms with E-state index < -0.39 is 0 Å². The van der Waals surface area contributed by atoms with E-state index in [1.807, 2.05) is 26.2 Å². The average Bonchev–Trinajstić information content (AvgIpc) is 3.12. The van der Waals surface area contributed by atoms with Gasteiger partial charge in [0.25, 0.3) is 0 Å². The molecule has 6 nitrogen and oxygen atoms in total. The number of nitrogens with zero attached hydrogens (tertiary/aromatic N) is 5. The van der Waals surface area contributed by atoms with Crippen LogP contribution in [0.3, 0.4) is 0 Å². The van der Waals surface area contributed by atoms with Gasteiger partial charge in [-0.25, -0.2) is 9.97 Å². The van der Waals surface area contributed by atoms with Gasteiger partial charge in [0.05, 0.1) is 0 Å². The molecule has 0 saturated carbocycles. The summed E-state index contributed by atoms with van der Waals surface area (Å²) in [7, 11) is 1.81. The molecule has 2 unspecified atom stereocenters. The van der Waals surface area contributed by atoms with Crippen molar-refractivity contribution in [3.63, 3.8) is 0 Å². The molecule has 0 aliphatic carbocycles. The molecular formula is C19H25N5O. The molecule has 4 rings (SSSR count). The average molecular weight is 339 g/mol. The van der Waals surface area contributed by atoms with E-state index >= 15 is 0 Å². The number of pyridine rings is 1. The first-order valence-electron chi connectivity index (χ1n) is 8.92. The highest BCUT2D eigenvalue weighted by atomic mass is 16.1. The van der Waals surface area contributed by atoms with Crippen molar-refractivity contribution in [3.05, 3.63) is 51.8 Å². The maximum atomic E-state index is 11.5. The highest BCUT2D eigenvalue weighted by Gasteiger charge is 2.40. The number of aromatic nitrogens is 3. The Hall–Kier alpha value is -2.21. The molecule has 2 saturated heterocycles. The van der Waals surface area contributed by atoms with Crippen molar-refractivity contribution < 1.29 is 0 Å². The fraction of sp³-hybridized carbons (Fsp3) is 0.526. The van der Waals surface area contributed by atoms with Crippen molar-refractivity contribution in [2.75, 3.05) is 31.1 Å². The molecule has 0 amide bonds. The van der Waals surface area contributed by atoms with Crippen LogP contribution in [-0.4, -0.2) is 45.6 Å². The van der Waals surface area contributed by atoms with Crippen molar-refractivity contribution in [1.29, 1.82) is 0 Å². The van der Waals surface area contributed by atoms with Gasteiger partial charge in [-0.15, -0.1) is 0 Å². The molecular weight excluding hydrogens is 314 g/mol. The van der Waals surface area contributed by atoms with Crippen molar-refractivity contribution in [2.24, 2.45) is 18.9 Å². The first-order chi connectivity index (χ1) is 12.0. The highest BCUT2D eigenvalue weighted by Crippen LogP contribution is 2.35. The maximum absolute atomic E-state index is 11.5. The zero-order chi connectivity index (χ0) is 17.6. The Morgan fingerprint density at radius 3 is 2.48 bits per heavy atom. The Labute approximate surface area is 148 Å². The second-order valence-electron chi connectivity index (χ2n) is 7.51. The van der Waals surface area contributed by atoms with Gasteiger partial charge >= 0.3 is 0 Å². The van der Waals surface area contributed by atoms with Crippen LogP contribution >= 0.6 is 0 Å². The fourth-order valence-electron chi connectivity index (χ4n) is 4.24. The number of hydrogen-bond donors (Lipinski definition) is 0. The van der Waals surface area contributed by atoms with Gasteiger partial charge in [0, 0.05) is 63.3 Å². The molecule has 2 aromatic rings. The molecule has 132 valence electrons. The quantitative estimate of drug-likeness (QED) is 0.845. The van der Waals surface area contributed by atoms with Crippen LogP contribution in [0, 0.1) is 25.7 Å². The Balaban J connectivity index is 1.41. The third kappa shape index (κ3) is 3.06. The van der Waals surface area contributed by atoms with E-state index in [-0.39, 0.29) is 5.56 Å². The van der Waals surface area contributed by atoms with E-state index in [1.165, 1.54) is 11.1 Å². The minimum Gasteiger partial charge on any atom is -0.356 e. The molecule has 2 atom stereocenters. The topological polar surface area (TPSA) is 54.3 Å². The molecule has 2 aliphatic heterocycles. The first-order valence-corrected chi connectivity index (χ1v) is 8.92. The van der Waals surface area contributed by atoms with Crippen molar-refractivity contribution in [3.8, 4) is 0 Å². The van der Waals surface area contributed by atoms with Crippen LogP contribution in [0.1, 0.15) is 16.8 Å². The van der Waals surface area contributed by atoms with Crippen molar-refractivity contribution in [1.82, 2.24) is 19.4 Å². The van der Waals surface area contributed by atoms with Crippen molar-refractivity contribution >= 4 is 5.82 Å². The summed E-state index contributed by atoms with van der Waals surface area (Å²) in [6, 6.07) is 3.62. The molecule has 0 aromatic carbocycles. The van der Waals surface area contributed by atoms with Crippen LogP contribution < -0.4 is 10.5 Å². The first kappa shape index (κ1) is 16.3. The van der Waals surface area contributed by atoms with Crippen molar-refractivity contribution in [2.45, 2.75) is 20.4 Å². The molecule has 0 bridgehead atoms. The second kappa shape index (κ2) is 6.26. The Morgan fingerprint density at radius 2 is 1.80 bits per heavy atom. The molecule has 2 aliphatic rings. The Kier molecular flexibility index (Phi) is 4.07. The van der Waals surface area contributed by atoms with Gasteiger partial charge in [0.15, 0.2) is 0 Å².